The molecule has 6 heavy (non-hydrogen) atoms. The third kappa shape index (κ3) is 73.7. The van der Waals surface area contributed by atoms with Crippen molar-refractivity contribution in [1.82, 2.24) is 0 Å². The molecule has 0 atom stereocenters. The molecule has 0 nitrogen and oxygen atoms in total. The maximum atomic E-state index is 2.10. The molecule has 0 heterocycles. The standard InChI is InChI=1S/C2H6P.2CH4.Ga/c1-3-2;;;/h1-2H3;2*1H4;/q-1;;;. The molecular formula is C4H14GaP-. The van der Waals surface area contributed by atoms with Gasteiger partial charge in [0.1, 0.15) is 0 Å². The van der Waals surface area contributed by atoms with Gasteiger partial charge in [-0.1, -0.05) is 14.9 Å². The molecule has 0 fully saturated rings. The molecule has 39 valence electrons. The summed E-state index contributed by atoms with van der Waals surface area (Å²) in [4.78, 5) is 0. The molecule has 0 saturated carbocycles. The van der Waals surface area contributed by atoms with Crippen molar-refractivity contribution in [2.45, 2.75) is 14.9 Å². The quantitative estimate of drug-likeness (QED) is 0.378. The Morgan fingerprint density at radius 1 is 1.00 bits per heavy atom. The van der Waals surface area contributed by atoms with Crippen LogP contribution in [0, 0.1) is 0 Å². The van der Waals surface area contributed by atoms with E-state index in [4.69, 9.17) is 0 Å². The molecule has 0 bridgehead atoms. The predicted octanol–water partition coefficient (Wildman–Crippen LogP) is 2.08. The van der Waals surface area contributed by atoms with Crippen LogP contribution in [0.25, 0.3) is 0 Å². The molecular weight excluding hydrogens is 149 g/mol. The Morgan fingerprint density at radius 2 is 1.00 bits per heavy atom. The third-order valence-electron chi connectivity index (χ3n) is 0. The molecule has 0 aromatic heterocycles. The van der Waals surface area contributed by atoms with Gasteiger partial charge in [-0.2, -0.15) is 13.3 Å². The van der Waals surface area contributed by atoms with E-state index in [-0.39, 0.29) is 34.6 Å². The van der Waals surface area contributed by atoms with E-state index in [2.05, 4.69) is 13.3 Å². The normalized spacial score (nSPS) is 3.00. The smallest absolute Gasteiger partial charge is 0 e. The fourth-order valence-electron chi connectivity index (χ4n) is 0. The van der Waals surface area contributed by atoms with E-state index in [0.717, 1.165) is 0 Å². The summed E-state index contributed by atoms with van der Waals surface area (Å²) in [6.07, 6.45) is 0. The zero-order valence-electron chi connectivity index (χ0n) is 3.02. The van der Waals surface area contributed by atoms with Gasteiger partial charge in [0.25, 0.3) is 0 Å². The van der Waals surface area contributed by atoms with E-state index in [1.54, 1.807) is 0 Å². The van der Waals surface area contributed by atoms with E-state index < -0.39 is 0 Å². The van der Waals surface area contributed by atoms with Crippen LogP contribution in [0.1, 0.15) is 14.9 Å². The molecule has 0 aliphatic rings. The molecule has 0 amide bonds. The van der Waals surface area contributed by atoms with Crippen molar-refractivity contribution in [2.24, 2.45) is 0 Å². The van der Waals surface area contributed by atoms with Crippen LogP contribution in [0.3, 0.4) is 0 Å². The van der Waals surface area contributed by atoms with Gasteiger partial charge in [0.05, 0.1) is 0 Å². The van der Waals surface area contributed by atoms with E-state index in [0.29, 0.717) is 0 Å². The molecule has 0 saturated heterocycles. The second kappa shape index (κ2) is 36.5. The molecule has 2 heteroatoms. The van der Waals surface area contributed by atoms with Gasteiger partial charge >= 0.3 is 0 Å². The van der Waals surface area contributed by atoms with Crippen LogP contribution in [0.2, 0.25) is 0 Å². The molecule has 0 aliphatic heterocycles. The largest absolute Gasteiger partial charge is 0.547 e. The third-order valence-corrected chi connectivity index (χ3v) is 0. The average molecular weight is 163 g/mol. The van der Waals surface area contributed by atoms with Gasteiger partial charge in [-0.25, -0.2) is 0 Å². The molecule has 0 aromatic carbocycles. The second-order valence-corrected chi connectivity index (χ2v) is 1.34. The zero-order valence-corrected chi connectivity index (χ0v) is 6.34. The number of rotatable bonds is 0. The van der Waals surface area contributed by atoms with Crippen molar-refractivity contribution in [2.75, 3.05) is 13.3 Å². The summed E-state index contributed by atoms with van der Waals surface area (Å²) in [6.45, 7) is 4.19. The van der Waals surface area contributed by atoms with Crippen molar-refractivity contribution >= 4 is 28.4 Å². The predicted molar refractivity (Wildman–Crippen MR) is 38.0 cm³/mol. The van der Waals surface area contributed by atoms with E-state index in [1.807, 2.05) is 0 Å². The Kier molecular flexibility index (Phi) is 168. The summed E-state index contributed by atoms with van der Waals surface area (Å²) >= 11 is 0. The molecule has 3 radical (unpaired) electrons. The summed E-state index contributed by atoms with van der Waals surface area (Å²) in [5, 5.41) is 0. The van der Waals surface area contributed by atoms with Crippen LogP contribution in [-0.4, -0.2) is 33.1 Å². The summed E-state index contributed by atoms with van der Waals surface area (Å²) in [6, 6.07) is 0. The summed E-state index contributed by atoms with van der Waals surface area (Å²) in [5.41, 5.74) is 0. The van der Waals surface area contributed by atoms with Gasteiger partial charge in [0, 0.05) is 19.8 Å². The van der Waals surface area contributed by atoms with Gasteiger partial charge in [0.15, 0.2) is 0 Å². The topological polar surface area (TPSA) is 0 Å². The van der Waals surface area contributed by atoms with Crippen LogP contribution in [0.5, 0.6) is 0 Å². The van der Waals surface area contributed by atoms with Crippen molar-refractivity contribution in [3.05, 3.63) is 0 Å². The Hall–Kier alpha value is 1.07. The minimum Gasteiger partial charge on any atom is -0.547 e. The molecule has 0 rings (SSSR count). The molecule has 0 aliphatic carbocycles. The monoisotopic (exact) mass is 162 g/mol. The van der Waals surface area contributed by atoms with E-state index >= 15 is 0 Å². The fraction of sp³-hybridized carbons (Fsp3) is 1.00. The van der Waals surface area contributed by atoms with Gasteiger partial charge < -0.3 is 8.58 Å². The minimum absolute atomic E-state index is 0. The van der Waals surface area contributed by atoms with Gasteiger partial charge in [0.2, 0.25) is 0 Å². The van der Waals surface area contributed by atoms with Crippen LogP contribution in [0.15, 0.2) is 0 Å². The molecule has 0 aromatic rings. The van der Waals surface area contributed by atoms with Gasteiger partial charge in [-0.05, 0) is 0 Å². The first-order chi connectivity index (χ1) is 1.41. The van der Waals surface area contributed by atoms with Crippen LogP contribution < -0.4 is 0 Å². The number of hydrogen-bond donors (Lipinski definition) is 0. The zero-order chi connectivity index (χ0) is 2.71. The van der Waals surface area contributed by atoms with E-state index in [9.17, 15) is 0 Å². The summed E-state index contributed by atoms with van der Waals surface area (Å²) in [7, 11) is 1.42. The molecule has 0 N–H and O–H groups in total. The van der Waals surface area contributed by atoms with Gasteiger partial charge in [-0.15, -0.1) is 0 Å². The van der Waals surface area contributed by atoms with Crippen LogP contribution in [0.4, 0.5) is 0 Å². The minimum atomic E-state index is 0. The first kappa shape index (κ1) is 27.7. The van der Waals surface area contributed by atoms with E-state index in [1.165, 1.54) is 8.58 Å². The van der Waals surface area contributed by atoms with Crippen LogP contribution >= 0.6 is 8.58 Å². The SMILES string of the molecule is C.C.C[P-]C.[Ga]. The summed E-state index contributed by atoms with van der Waals surface area (Å²) in [5.74, 6) is 0. The van der Waals surface area contributed by atoms with Crippen molar-refractivity contribution < 1.29 is 0 Å². The van der Waals surface area contributed by atoms with Crippen molar-refractivity contribution in [3.8, 4) is 0 Å². The second-order valence-electron chi connectivity index (χ2n) is 0.447. The first-order valence-electron chi connectivity index (χ1n) is 0.894. The van der Waals surface area contributed by atoms with Crippen LogP contribution in [-0.2, 0) is 0 Å². The Labute approximate surface area is 56.9 Å². The van der Waals surface area contributed by atoms with Gasteiger partial charge in [-0.3, -0.25) is 0 Å². The average Bonchev–Trinajstić information content (AvgIpc) is 0.918. The maximum Gasteiger partial charge on any atom is 0 e. The maximum absolute atomic E-state index is 2.10. The molecule has 0 spiro atoms. The Morgan fingerprint density at radius 3 is 1.00 bits per heavy atom. The number of hydrogen-bond acceptors (Lipinski definition) is 0. The molecule has 0 unspecified atom stereocenters. The first-order valence-corrected chi connectivity index (χ1v) is 2.68. The van der Waals surface area contributed by atoms with Crippen molar-refractivity contribution in [3.63, 3.8) is 0 Å². The van der Waals surface area contributed by atoms with Crippen molar-refractivity contribution in [1.29, 1.82) is 0 Å². The Bertz CT molecular complexity index is 7.51. The fourth-order valence-corrected chi connectivity index (χ4v) is 0. The Balaban J connectivity index is -0.00000000667. The summed E-state index contributed by atoms with van der Waals surface area (Å²) < 4.78 is 0.